The Morgan fingerprint density at radius 2 is 1.44 bits per heavy atom. The highest BCUT2D eigenvalue weighted by molar-refractivity contribution is 6.04. The first kappa shape index (κ1) is 24.8. The Kier molecular flexibility index (Phi) is 7.56. The van der Waals surface area contributed by atoms with Crippen LogP contribution in [0.3, 0.4) is 0 Å². The maximum atomic E-state index is 13.3. The highest BCUT2D eigenvalue weighted by Crippen LogP contribution is 2.49. The molecule has 0 unspecified atom stereocenters. The molecule has 0 saturated carbocycles. The van der Waals surface area contributed by atoms with Gasteiger partial charge in [-0.05, 0) is 30.9 Å². The summed E-state index contributed by atoms with van der Waals surface area (Å²) in [6.45, 7) is 9.73. The molecule has 0 aromatic heterocycles. The second-order valence-corrected chi connectivity index (χ2v) is 8.23. The molecule has 3 rings (SSSR count). The van der Waals surface area contributed by atoms with Gasteiger partial charge in [0.25, 0.3) is 0 Å². The van der Waals surface area contributed by atoms with Gasteiger partial charge in [0.1, 0.15) is 6.04 Å². The summed E-state index contributed by atoms with van der Waals surface area (Å²) in [6, 6.07) is 17.9. The summed E-state index contributed by atoms with van der Waals surface area (Å²) in [5.74, 6) is -1.73. The molecule has 7 heteroatoms. The van der Waals surface area contributed by atoms with E-state index in [1.54, 1.807) is 6.92 Å². The molecular formula is C27H29NO6. The lowest BCUT2D eigenvalue weighted by molar-refractivity contribution is -0.167. The van der Waals surface area contributed by atoms with E-state index in [4.69, 9.17) is 14.2 Å². The molecule has 1 fully saturated rings. The van der Waals surface area contributed by atoms with Crippen LogP contribution < -0.4 is 0 Å². The first-order valence-electron chi connectivity index (χ1n) is 10.9. The molecule has 1 saturated heterocycles. The zero-order chi connectivity index (χ0) is 24.9. The van der Waals surface area contributed by atoms with E-state index in [1.165, 1.54) is 19.1 Å². The van der Waals surface area contributed by atoms with Crippen molar-refractivity contribution in [2.75, 3.05) is 14.2 Å². The third kappa shape index (κ3) is 4.46. The number of hydrogen-bond donors (Lipinski definition) is 0. The maximum absolute atomic E-state index is 13.3. The first-order valence-corrected chi connectivity index (χ1v) is 10.9. The minimum Gasteiger partial charge on any atom is -0.468 e. The van der Waals surface area contributed by atoms with Gasteiger partial charge in [-0.2, -0.15) is 0 Å². The van der Waals surface area contributed by atoms with Crippen LogP contribution in [0.2, 0.25) is 0 Å². The van der Waals surface area contributed by atoms with Crippen molar-refractivity contribution >= 4 is 18.0 Å². The number of benzene rings is 2. The summed E-state index contributed by atoms with van der Waals surface area (Å²) in [6.07, 6.45) is -1.13. The van der Waals surface area contributed by atoms with Gasteiger partial charge in [0.2, 0.25) is 5.41 Å². The first-order chi connectivity index (χ1) is 16.3. The Hall–Kier alpha value is -3.87. The van der Waals surface area contributed by atoms with E-state index in [2.05, 4.69) is 13.2 Å². The molecule has 0 radical (unpaired) electrons. The number of methoxy groups -OCH3 is 2. The number of allylic oxidation sites excluding steroid dienone is 1. The molecule has 7 nitrogen and oxygen atoms in total. The molecule has 1 heterocycles. The number of cyclic esters (lactones) is 1. The smallest absolute Gasteiger partial charge is 0.415 e. The summed E-state index contributed by atoms with van der Waals surface area (Å²) in [5.41, 5.74) is 0.246. The fourth-order valence-electron chi connectivity index (χ4n) is 4.25. The van der Waals surface area contributed by atoms with Crippen LogP contribution >= 0.6 is 0 Å². The molecule has 1 aliphatic rings. The van der Waals surface area contributed by atoms with E-state index in [1.807, 2.05) is 60.7 Å². The third-order valence-electron chi connectivity index (χ3n) is 6.04. The van der Waals surface area contributed by atoms with Gasteiger partial charge < -0.3 is 14.2 Å². The Morgan fingerprint density at radius 1 is 0.941 bits per heavy atom. The lowest BCUT2D eigenvalue weighted by Crippen LogP contribution is -2.48. The zero-order valence-electron chi connectivity index (χ0n) is 19.7. The number of nitrogens with zero attached hydrogens (tertiary/aromatic N) is 1. The largest absolute Gasteiger partial charge is 0.468 e. The minimum atomic E-state index is -1.96. The maximum Gasteiger partial charge on any atom is 0.415 e. The fourth-order valence-corrected chi connectivity index (χ4v) is 4.25. The van der Waals surface area contributed by atoms with Crippen LogP contribution in [0.1, 0.15) is 43.0 Å². The third-order valence-corrected chi connectivity index (χ3v) is 6.04. The van der Waals surface area contributed by atoms with Gasteiger partial charge in [-0.25, -0.2) is 4.79 Å². The Morgan fingerprint density at radius 3 is 1.91 bits per heavy atom. The molecular weight excluding hydrogens is 434 g/mol. The highest BCUT2D eigenvalue weighted by atomic mass is 16.6. The number of carbonyl (C=O) groups excluding carboxylic acids is 3. The standard InChI is InChI=1S/C27H29NO6/c1-18(2)16-17-27(24(29)32-4,25(30)33-5)19(3)28-22(20-12-8-6-9-13-20)23(34-26(28)31)21-14-10-7-11-15-21/h6-15,22-23H,1,3,16-17H2,2,4-5H3/t22-,23+/m0/s1. The molecule has 0 aliphatic carbocycles. The van der Waals surface area contributed by atoms with Crippen LogP contribution in [0.15, 0.2) is 85.1 Å². The number of esters is 2. The molecule has 178 valence electrons. The minimum absolute atomic E-state index is 0.0260. The Labute approximate surface area is 199 Å². The molecule has 2 aromatic carbocycles. The average molecular weight is 464 g/mol. The highest BCUT2D eigenvalue weighted by Gasteiger charge is 2.57. The van der Waals surface area contributed by atoms with Gasteiger partial charge in [0, 0.05) is 5.70 Å². The molecule has 1 aliphatic heterocycles. The van der Waals surface area contributed by atoms with E-state index >= 15 is 0 Å². The number of rotatable bonds is 9. The summed E-state index contributed by atoms with van der Waals surface area (Å²) in [7, 11) is 2.36. The Balaban J connectivity index is 2.18. The second kappa shape index (κ2) is 10.4. The van der Waals surface area contributed by atoms with Gasteiger partial charge in [0.05, 0.1) is 14.2 Å². The van der Waals surface area contributed by atoms with Crippen molar-refractivity contribution in [2.45, 2.75) is 31.9 Å². The van der Waals surface area contributed by atoms with Crippen LogP contribution in [0, 0.1) is 5.41 Å². The zero-order valence-corrected chi connectivity index (χ0v) is 19.7. The van der Waals surface area contributed by atoms with Crippen molar-refractivity contribution in [3.05, 3.63) is 96.2 Å². The van der Waals surface area contributed by atoms with Gasteiger partial charge >= 0.3 is 18.0 Å². The predicted octanol–water partition coefficient (Wildman–Crippen LogP) is 5.12. The van der Waals surface area contributed by atoms with Crippen LogP contribution in [-0.2, 0) is 23.8 Å². The fraction of sp³-hybridized carbons (Fsp3) is 0.296. The van der Waals surface area contributed by atoms with Gasteiger partial charge in [-0.3, -0.25) is 14.5 Å². The molecule has 2 aromatic rings. The quantitative estimate of drug-likeness (QED) is 0.222. The number of ether oxygens (including phenoxy) is 3. The summed E-state index contributed by atoms with van der Waals surface area (Å²) >= 11 is 0. The van der Waals surface area contributed by atoms with Crippen molar-refractivity contribution in [3.63, 3.8) is 0 Å². The van der Waals surface area contributed by atoms with Crippen LogP contribution in [-0.4, -0.2) is 37.2 Å². The van der Waals surface area contributed by atoms with E-state index in [9.17, 15) is 14.4 Å². The summed E-state index contributed by atoms with van der Waals surface area (Å²) in [5, 5.41) is 0. The lowest BCUT2D eigenvalue weighted by Gasteiger charge is -2.36. The monoisotopic (exact) mass is 463 g/mol. The van der Waals surface area contributed by atoms with Crippen LogP contribution in [0.25, 0.3) is 0 Å². The van der Waals surface area contributed by atoms with E-state index < -0.39 is 35.6 Å². The molecule has 0 spiro atoms. The lowest BCUT2D eigenvalue weighted by atomic mass is 9.78. The van der Waals surface area contributed by atoms with Crippen molar-refractivity contribution < 1.29 is 28.6 Å². The summed E-state index contributed by atoms with van der Waals surface area (Å²) in [4.78, 5) is 40.9. The van der Waals surface area contributed by atoms with Crippen molar-refractivity contribution in [1.82, 2.24) is 4.90 Å². The normalized spacial score (nSPS) is 17.6. The number of carbonyl (C=O) groups is 3. The van der Waals surface area contributed by atoms with Gasteiger partial charge in [-0.15, -0.1) is 6.58 Å². The molecule has 0 N–H and O–H groups in total. The van der Waals surface area contributed by atoms with Crippen molar-refractivity contribution in [3.8, 4) is 0 Å². The average Bonchev–Trinajstić information content (AvgIpc) is 3.21. The molecule has 1 amide bonds. The van der Waals surface area contributed by atoms with Gasteiger partial charge in [0.15, 0.2) is 6.10 Å². The van der Waals surface area contributed by atoms with Crippen molar-refractivity contribution in [1.29, 1.82) is 0 Å². The van der Waals surface area contributed by atoms with Gasteiger partial charge in [-0.1, -0.05) is 72.8 Å². The number of hydrogen-bond acceptors (Lipinski definition) is 6. The van der Waals surface area contributed by atoms with E-state index in [0.717, 1.165) is 16.7 Å². The van der Waals surface area contributed by atoms with E-state index in [-0.39, 0.29) is 12.1 Å². The van der Waals surface area contributed by atoms with E-state index in [0.29, 0.717) is 6.42 Å². The van der Waals surface area contributed by atoms with Crippen LogP contribution in [0.4, 0.5) is 4.79 Å². The molecule has 34 heavy (non-hydrogen) atoms. The number of amides is 1. The van der Waals surface area contributed by atoms with Crippen LogP contribution in [0.5, 0.6) is 0 Å². The topological polar surface area (TPSA) is 82.1 Å². The predicted molar refractivity (Wildman–Crippen MR) is 126 cm³/mol. The SMILES string of the molecule is C=C(C)CCC(C(=C)N1C(=O)O[C@H](c2ccccc2)[C@@H]1c1ccccc1)(C(=O)OC)C(=O)OC. The molecule has 2 atom stereocenters. The summed E-state index contributed by atoms with van der Waals surface area (Å²) < 4.78 is 15.9. The Bertz CT molecular complexity index is 1060. The van der Waals surface area contributed by atoms with Crippen molar-refractivity contribution in [2.24, 2.45) is 5.41 Å². The second-order valence-electron chi connectivity index (χ2n) is 8.23. The molecule has 0 bridgehead atoms.